The summed E-state index contributed by atoms with van der Waals surface area (Å²) in [6.07, 6.45) is 0. The lowest BCUT2D eigenvalue weighted by atomic mass is 10.1. The van der Waals surface area contributed by atoms with Crippen LogP contribution in [0.1, 0.15) is 21.7 Å². The summed E-state index contributed by atoms with van der Waals surface area (Å²) in [6, 6.07) is 11.8. The predicted octanol–water partition coefficient (Wildman–Crippen LogP) is 3.35. The van der Waals surface area contributed by atoms with Crippen LogP contribution < -0.4 is 14.8 Å². The first kappa shape index (κ1) is 23.1. The van der Waals surface area contributed by atoms with Crippen molar-refractivity contribution in [3.05, 3.63) is 65.5 Å². The summed E-state index contributed by atoms with van der Waals surface area (Å²) in [5, 5.41) is 17.8. The molecular formula is C23H23N5O5S. The van der Waals surface area contributed by atoms with E-state index < -0.39 is 15.9 Å². The van der Waals surface area contributed by atoms with Gasteiger partial charge in [-0.15, -0.1) is 0 Å². The Labute approximate surface area is 196 Å². The quantitative estimate of drug-likeness (QED) is 0.359. The summed E-state index contributed by atoms with van der Waals surface area (Å²) in [5.41, 5.74) is 2.29. The van der Waals surface area contributed by atoms with Crippen LogP contribution >= 0.6 is 0 Å². The number of aryl methyl sites for hydroxylation is 3. The highest BCUT2D eigenvalue weighted by Gasteiger charge is 2.21. The van der Waals surface area contributed by atoms with E-state index in [0.717, 1.165) is 0 Å². The van der Waals surface area contributed by atoms with Gasteiger partial charge in [0, 0.05) is 12.7 Å². The molecule has 2 aromatic heterocycles. The van der Waals surface area contributed by atoms with Gasteiger partial charge in [-0.2, -0.15) is 5.10 Å². The van der Waals surface area contributed by atoms with Crippen molar-refractivity contribution in [2.24, 2.45) is 7.05 Å². The van der Waals surface area contributed by atoms with Crippen molar-refractivity contribution < 1.29 is 23.1 Å². The van der Waals surface area contributed by atoms with E-state index in [1.165, 1.54) is 25.3 Å². The third-order valence-corrected chi connectivity index (χ3v) is 6.58. The standard InChI is InChI=1S/C23H23N5O5S/c1-13-11-16(21-14(2)26-28(3)22(21)24-13)23(30)25-18-12-15(9-10-19(18)29)34(31,32)27-17-7-5-6-8-20(17)33-4/h5-12,27,29H,1-4H3,(H,25,30). The monoisotopic (exact) mass is 481 g/mol. The van der Waals surface area contributed by atoms with Crippen LogP contribution in [0.15, 0.2) is 53.4 Å². The topological polar surface area (TPSA) is 135 Å². The molecule has 0 spiro atoms. The van der Waals surface area contributed by atoms with Gasteiger partial charge in [0.2, 0.25) is 0 Å². The Hall–Kier alpha value is -4.12. The number of ether oxygens (including phenoxy) is 1. The van der Waals surface area contributed by atoms with Crippen LogP contribution in [0, 0.1) is 13.8 Å². The molecular weight excluding hydrogens is 458 g/mol. The number of carbonyl (C=O) groups is 1. The fraction of sp³-hybridized carbons (Fsp3) is 0.174. The number of aromatic hydroxyl groups is 1. The van der Waals surface area contributed by atoms with Crippen molar-refractivity contribution in [2.75, 3.05) is 17.1 Å². The van der Waals surface area contributed by atoms with E-state index in [2.05, 4.69) is 20.1 Å². The molecule has 0 atom stereocenters. The number of pyridine rings is 1. The lowest BCUT2D eigenvalue weighted by Crippen LogP contribution is -2.16. The van der Waals surface area contributed by atoms with E-state index in [4.69, 9.17) is 4.74 Å². The van der Waals surface area contributed by atoms with Gasteiger partial charge in [0.1, 0.15) is 11.5 Å². The molecule has 34 heavy (non-hydrogen) atoms. The number of fused-ring (bicyclic) bond motifs is 1. The van der Waals surface area contributed by atoms with Gasteiger partial charge < -0.3 is 15.2 Å². The molecule has 0 aliphatic heterocycles. The van der Waals surface area contributed by atoms with Gasteiger partial charge in [-0.25, -0.2) is 13.4 Å². The van der Waals surface area contributed by atoms with Gasteiger partial charge in [-0.1, -0.05) is 12.1 Å². The molecule has 0 radical (unpaired) electrons. The van der Waals surface area contributed by atoms with Crippen LogP contribution in [0.3, 0.4) is 0 Å². The zero-order chi connectivity index (χ0) is 24.6. The first-order chi connectivity index (χ1) is 16.1. The Kier molecular flexibility index (Phi) is 5.88. The van der Waals surface area contributed by atoms with Crippen LogP contribution in [0.5, 0.6) is 11.5 Å². The fourth-order valence-corrected chi connectivity index (χ4v) is 4.75. The van der Waals surface area contributed by atoms with E-state index >= 15 is 0 Å². The average molecular weight is 482 g/mol. The molecule has 0 saturated heterocycles. The normalized spacial score (nSPS) is 11.4. The number of aromatic nitrogens is 3. The van der Waals surface area contributed by atoms with Crippen molar-refractivity contribution in [3.8, 4) is 11.5 Å². The van der Waals surface area contributed by atoms with Crippen LogP contribution in [-0.4, -0.2) is 41.3 Å². The molecule has 0 bridgehead atoms. The summed E-state index contributed by atoms with van der Waals surface area (Å²) in [6.45, 7) is 3.52. The number of methoxy groups -OCH3 is 1. The predicted molar refractivity (Wildman–Crippen MR) is 128 cm³/mol. The largest absolute Gasteiger partial charge is 0.506 e. The maximum absolute atomic E-state index is 13.2. The molecule has 11 heteroatoms. The van der Waals surface area contributed by atoms with Gasteiger partial charge in [-0.3, -0.25) is 14.2 Å². The van der Waals surface area contributed by atoms with E-state index in [9.17, 15) is 18.3 Å². The molecule has 2 aromatic carbocycles. The average Bonchev–Trinajstić information content (AvgIpc) is 3.07. The molecule has 176 valence electrons. The Bertz CT molecular complexity index is 1530. The van der Waals surface area contributed by atoms with Gasteiger partial charge in [0.25, 0.3) is 15.9 Å². The molecule has 3 N–H and O–H groups in total. The van der Waals surface area contributed by atoms with Crippen LogP contribution in [-0.2, 0) is 17.1 Å². The van der Waals surface area contributed by atoms with Crippen molar-refractivity contribution in [3.63, 3.8) is 0 Å². The number of nitrogens with zero attached hydrogens (tertiary/aromatic N) is 3. The number of phenols is 1. The van der Waals surface area contributed by atoms with E-state index in [1.807, 2.05) is 0 Å². The second-order valence-electron chi connectivity index (χ2n) is 7.66. The first-order valence-electron chi connectivity index (χ1n) is 10.2. The van der Waals surface area contributed by atoms with Gasteiger partial charge >= 0.3 is 0 Å². The molecule has 2 heterocycles. The molecule has 0 fully saturated rings. The summed E-state index contributed by atoms with van der Waals surface area (Å²) >= 11 is 0. The highest BCUT2D eigenvalue weighted by atomic mass is 32.2. The highest BCUT2D eigenvalue weighted by molar-refractivity contribution is 7.92. The van der Waals surface area contributed by atoms with Gasteiger partial charge in [0.05, 0.1) is 40.0 Å². The summed E-state index contributed by atoms with van der Waals surface area (Å²) in [4.78, 5) is 17.4. The minimum absolute atomic E-state index is 0.0583. The highest BCUT2D eigenvalue weighted by Crippen LogP contribution is 2.31. The Balaban J connectivity index is 1.69. The minimum Gasteiger partial charge on any atom is -0.506 e. The maximum Gasteiger partial charge on any atom is 0.262 e. The first-order valence-corrected chi connectivity index (χ1v) is 11.7. The summed E-state index contributed by atoms with van der Waals surface area (Å²) in [5.74, 6) is -0.467. The Morgan fingerprint density at radius 3 is 2.56 bits per heavy atom. The van der Waals surface area contributed by atoms with Crippen LogP contribution in [0.2, 0.25) is 0 Å². The number of phenolic OH excluding ortho intramolecular Hbond substituents is 1. The summed E-state index contributed by atoms with van der Waals surface area (Å²) in [7, 11) is -0.878. The van der Waals surface area contributed by atoms with Gasteiger partial charge in [0.15, 0.2) is 5.65 Å². The number of carbonyl (C=O) groups excluding carboxylic acids is 1. The van der Waals surface area contributed by atoms with Crippen LogP contribution in [0.25, 0.3) is 11.0 Å². The lowest BCUT2D eigenvalue weighted by molar-refractivity contribution is 0.102. The number of hydrogen-bond donors (Lipinski definition) is 3. The molecule has 0 aliphatic rings. The summed E-state index contributed by atoms with van der Waals surface area (Å²) < 4.78 is 35.2. The lowest BCUT2D eigenvalue weighted by Gasteiger charge is -2.14. The third kappa shape index (κ3) is 4.25. The number of sulfonamides is 1. The zero-order valence-electron chi connectivity index (χ0n) is 18.9. The Morgan fingerprint density at radius 1 is 1.09 bits per heavy atom. The second kappa shape index (κ2) is 8.67. The maximum atomic E-state index is 13.2. The van der Waals surface area contributed by atoms with Crippen molar-refractivity contribution in [1.29, 1.82) is 0 Å². The minimum atomic E-state index is -4.05. The SMILES string of the molecule is COc1ccccc1NS(=O)(=O)c1ccc(O)c(NC(=O)c2cc(C)nc3c2c(C)nn3C)c1. The smallest absolute Gasteiger partial charge is 0.262 e. The van der Waals surface area contributed by atoms with E-state index in [1.54, 1.807) is 55.9 Å². The molecule has 10 nitrogen and oxygen atoms in total. The van der Waals surface area contributed by atoms with E-state index in [0.29, 0.717) is 33.7 Å². The van der Waals surface area contributed by atoms with Crippen molar-refractivity contribution in [2.45, 2.75) is 18.7 Å². The van der Waals surface area contributed by atoms with Crippen molar-refractivity contribution in [1.82, 2.24) is 14.8 Å². The molecule has 1 amide bonds. The van der Waals surface area contributed by atoms with E-state index in [-0.39, 0.29) is 22.0 Å². The van der Waals surface area contributed by atoms with Gasteiger partial charge in [-0.05, 0) is 50.2 Å². The number of amides is 1. The number of rotatable bonds is 6. The number of benzene rings is 2. The third-order valence-electron chi connectivity index (χ3n) is 5.22. The number of hydrogen-bond acceptors (Lipinski definition) is 7. The fourth-order valence-electron chi connectivity index (χ4n) is 3.65. The number of nitrogens with one attached hydrogen (secondary N) is 2. The molecule has 0 saturated carbocycles. The molecule has 4 rings (SSSR count). The Morgan fingerprint density at radius 2 is 1.82 bits per heavy atom. The second-order valence-corrected chi connectivity index (χ2v) is 9.34. The van der Waals surface area contributed by atoms with Crippen molar-refractivity contribution >= 4 is 38.3 Å². The molecule has 0 unspecified atom stereocenters. The number of para-hydroxylation sites is 2. The van der Waals surface area contributed by atoms with Crippen LogP contribution in [0.4, 0.5) is 11.4 Å². The molecule has 0 aliphatic carbocycles. The zero-order valence-corrected chi connectivity index (χ0v) is 19.8. The molecule has 4 aromatic rings. The number of anilines is 2.